The van der Waals surface area contributed by atoms with Crippen molar-refractivity contribution in [2.75, 3.05) is 13.1 Å². The number of carbonyl (C=O) groups excluding carboxylic acids is 2. The van der Waals surface area contributed by atoms with Crippen LogP contribution < -0.4 is 5.32 Å². The number of rotatable bonds is 3. The van der Waals surface area contributed by atoms with E-state index < -0.39 is 0 Å². The molecule has 1 atom stereocenters. The van der Waals surface area contributed by atoms with Crippen LogP contribution in [-0.2, 0) is 9.59 Å². The molecule has 1 unspecified atom stereocenters. The summed E-state index contributed by atoms with van der Waals surface area (Å²) in [6.45, 7) is 1.62. The molecule has 0 aliphatic carbocycles. The highest BCUT2D eigenvalue weighted by molar-refractivity contribution is 5.84. The van der Waals surface area contributed by atoms with Crippen molar-refractivity contribution in [3.8, 4) is 0 Å². The number of H-pyrrole nitrogens is 1. The largest absolute Gasteiger partial charge is 0.361 e. The van der Waals surface area contributed by atoms with Gasteiger partial charge < -0.3 is 15.2 Å². The molecule has 0 radical (unpaired) electrons. The molecule has 0 bridgehead atoms. The number of aromatic nitrogens is 1. The molecule has 138 valence electrons. The van der Waals surface area contributed by atoms with Crippen LogP contribution in [0.3, 0.4) is 0 Å². The van der Waals surface area contributed by atoms with Crippen molar-refractivity contribution < 1.29 is 9.59 Å². The molecule has 0 spiro atoms. The fourth-order valence-corrected chi connectivity index (χ4v) is 4.41. The standard InChI is InChI=1S/C21H27N3O2/c25-20-8-4-1-5-16(23-20)13-21(26)24-11-9-15(10-12-24)18-14-22-19-7-3-2-6-17(18)19/h2-3,6-7,14-16,22H,1,4-5,8-13H2,(H,23,25). The second-order valence-electron chi connectivity index (χ2n) is 7.66. The fraction of sp³-hybridized carbons (Fsp3) is 0.524. The molecule has 2 fully saturated rings. The average molecular weight is 353 g/mol. The summed E-state index contributed by atoms with van der Waals surface area (Å²) in [7, 11) is 0. The van der Waals surface area contributed by atoms with Crippen LogP contribution in [0.1, 0.15) is 56.4 Å². The summed E-state index contributed by atoms with van der Waals surface area (Å²) in [5.74, 6) is 0.792. The third-order valence-corrected chi connectivity index (χ3v) is 5.90. The summed E-state index contributed by atoms with van der Waals surface area (Å²) in [4.78, 5) is 29.7. The average Bonchev–Trinajstić information content (AvgIpc) is 2.98. The zero-order valence-corrected chi connectivity index (χ0v) is 15.2. The van der Waals surface area contributed by atoms with Gasteiger partial charge in [-0.2, -0.15) is 0 Å². The van der Waals surface area contributed by atoms with Crippen LogP contribution in [0.25, 0.3) is 10.9 Å². The van der Waals surface area contributed by atoms with Crippen molar-refractivity contribution in [1.29, 1.82) is 0 Å². The Morgan fingerprint density at radius 1 is 1.12 bits per heavy atom. The first kappa shape index (κ1) is 17.1. The number of benzene rings is 1. The highest BCUT2D eigenvalue weighted by Gasteiger charge is 2.27. The lowest BCUT2D eigenvalue weighted by atomic mass is 9.89. The van der Waals surface area contributed by atoms with Gasteiger partial charge in [0.25, 0.3) is 0 Å². The van der Waals surface area contributed by atoms with Gasteiger partial charge in [-0.1, -0.05) is 24.6 Å². The van der Waals surface area contributed by atoms with Crippen LogP contribution in [0.2, 0.25) is 0 Å². The van der Waals surface area contributed by atoms with E-state index in [9.17, 15) is 9.59 Å². The van der Waals surface area contributed by atoms with Gasteiger partial charge in [0.15, 0.2) is 0 Å². The summed E-state index contributed by atoms with van der Waals surface area (Å²) in [6.07, 6.45) is 8.07. The van der Waals surface area contributed by atoms with Crippen LogP contribution in [0.4, 0.5) is 0 Å². The van der Waals surface area contributed by atoms with Crippen molar-refractivity contribution in [1.82, 2.24) is 15.2 Å². The normalized spacial score (nSPS) is 22.2. The molecule has 4 rings (SSSR count). The smallest absolute Gasteiger partial charge is 0.224 e. The van der Waals surface area contributed by atoms with Crippen LogP contribution in [0.15, 0.2) is 30.5 Å². The van der Waals surface area contributed by atoms with Gasteiger partial charge in [0.2, 0.25) is 11.8 Å². The van der Waals surface area contributed by atoms with Crippen LogP contribution in [0, 0.1) is 0 Å². The first-order chi connectivity index (χ1) is 12.7. The van der Waals surface area contributed by atoms with E-state index in [4.69, 9.17) is 0 Å². The highest BCUT2D eigenvalue weighted by atomic mass is 16.2. The number of aromatic amines is 1. The van der Waals surface area contributed by atoms with Gasteiger partial charge in [-0.3, -0.25) is 9.59 Å². The molecule has 2 aromatic rings. The number of amides is 2. The van der Waals surface area contributed by atoms with E-state index in [1.54, 1.807) is 0 Å². The molecule has 1 aromatic heterocycles. The Bertz CT molecular complexity index is 789. The molecule has 5 nitrogen and oxygen atoms in total. The molecule has 3 heterocycles. The number of fused-ring (bicyclic) bond motifs is 1. The van der Waals surface area contributed by atoms with Crippen molar-refractivity contribution in [2.45, 2.75) is 56.9 Å². The van der Waals surface area contributed by atoms with E-state index in [0.717, 1.165) is 45.2 Å². The van der Waals surface area contributed by atoms with E-state index in [1.165, 1.54) is 16.5 Å². The summed E-state index contributed by atoms with van der Waals surface area (Å²) >= 11 is 0. The zero-order chi connectivity index (χ0) is 17.9. The second-order valence-corrected chi connectivity index (χ2v) is 7.66. The quantitative estimate of drug-likeness (QED) is 0.889. The minimum atomic E-state index is 0.0174. The molecule has 26 heavy (non-hydrogen) atoms. The van der Waals surface area contributed by atoms with E-state index in [2.05, 4.69) is 40.8 Å². The Morgan fingerprint density at radius 3 is 2.77 bits per heavy atom. The Hall–Kier alpha value is -2.30. The Morgan fingerprint density at radius 2 is 1.92 bits per heavy atom. The number of nitrogens with one attached hydrogen (secondary N) is 2. The first-order valence-electron chi connectivity index (χ1n) is 9.84. The second kappa shape index (κ2) is 7.52. The molecular formula is C21H27N3O2. The van der Waals surface area contributed by atoms with Gasteiger partial charge in [-0.25, -0.2) is 0 Å². The summed E-state index contributed by atoms with van der Waals surface area (Å²) in [5.41, 5.74) is 2.56. The van der Waals surface area contributed by atoms with E-state index in [1.807, 2.05) is 4.90 Å². The maximum absolute atomic E-state index is 12.7. The predicted molar refractivity (Wildman–Crippen MR) is 102 cm³/mol. The molecule has 1 aromatic carbocycles. The van der Waals surface area contributed by atoms with E-state index >= 15 is 0 Å². The molecule has 2 aliphatic heterocycles. The maximum atomic E-state index is 12.7. The zero-order valence-electron chi connectivity index (χ0n) is 15.2. The summed E-state index contributed by atoms with van der Waals surface area (Å²) < 4.78 is 0. The van der Waals surface area contributed by atoms with Gasteiger partial charge in [0.05, 0.1) is 0 Å². The minimum Gasteiger partial charge on any atom is -0.361 e. The molecule has 5 heteroatoms. The number of hydrogen-bond acceptors (Lipinski definition) is 2. The number of likely N-dealkylation sites (tertiary alicyclic amines) is 1. The highest BCUT2D eigenvalue weighted by Crippen LogP contribution is 2.33. The van der Waals surface area contributed by atoms with Gasteiger partial charge in [-0.15, -0.1) is 0 Å². The van der Waals surface area contributed by atoms with Crippen LogP contribution in [0.5, 0.6) is 0 Å². The predicted octanol–water partition coefficient (Wildman–Crippen LogP) is 3.32. The number of hydrogen-bond donors (Lipinski definition) is 2. The Labute approximate surface area is 154 Å². The molecule has 2 amide bonds. The third-order valence-electron chi connectivity index (χ3n) is 5.90. The lowest BCUT2D eigenvalue weighted by Crippen LogP contribution is -2.42. The number of carbonyl (C=O) groups is 2. The van der Waals surface area contributed by atoms with Crippen LogP contribution >= 0.6 is 0 Å². The van der Waals surface area contributed by atoms with Gasteiger partial charge in [0.1, 0.15) is 0 Å². The molecule has 2 aliphatic rings. The third kappa shape index (κ3) is 3.62. The lowest BCUT2D eigenvalue weighted by Gasteiger charge is -2.33. The summed E-state index contributed by atoms with van der Waals surface area (Å²) in [6, 6.07) is 8.44. The van der Waals surface area contributed by atoms with Crippen molar-refractivity contribution >= 4 is 22.7 Å². The Kier molecular flexibility index (Phi) is 4.96. The molecule has 2 saturated heterocycles. The number of piperidine rings is 1. The SMILES string of the molecule is O=C1CCCCC(CC(=O)N2CCC(c3c[nH]c4ccccc34)CC2)N1. The fourth-order valence-electron chi connectivity index (χ4n) is 4.41. The maximum Gasteiger partial charge on any atom is 0.224 e. The van der Waals surface area contributed by atoms with Crippen molar-refractivity contribution in [3.05, 3.63) is 36.0 Å². The van der Waals surface area contributed by atoms with E-state index in [-0.39, 0.29) is 17.9 Å². The minimum absolute atomic E-state index is 0.0174. The van der Waals surface area contributed by atoms with Crippen molar-refractivity contribution in [2.24, 2.45) is 0 Å². The van der Waals surface area contributed by atoms with Gasteiger partial charge in [0, 0.05) is 49.1 Å². The molecule has 2 N–H and O–H groups in total. The van der Waals surface area contributed by atoms with E-state index in [0.29, 0.717) is 18.8 Å². The lowest BCUT2D eigenvalue weighted by molar-refractivity contribution is -0.133. The summed E-state index contributed by atoms with van der Waals surface area (Å²) in [5, 5.41) is 4.31. The number of nitrogens with zero attached hydrogens (tertiary/aromatic N) is 1. The molecule has 0 saturated carbocycles. The monoisotopic (exact) mass is 353 g/mol. The van der Waals surface area contributed by atoms with Crippen LogP contribution in [-0.4, -0.2) is 40.8 Å². The van der Waals surface area contributed by atoms with Gasteiger partial charge >= 0.3 is 0 Å². The number of para-hydroxylation sites is 1. The van der Waals surface area contributed by atoms with Gasteiger partial charge in [-0.05, 0) is 43.2 Å². The molecular weight excluding hydrogens is 326 g/mol. The Balaban J connectivity index is 1.34. The van der Waals surface area contributed by atoms with Crippen molar-refractivity contribution in [3.63, 3.8) is 0 Å². The topological polar surface area (TPSA) is 65.2 Å². The first-order valence-corrected chi connectivity index (χ1v) is 9.84.